The van der Waals surface area contributed by atoms with Gasteiger partial charge in [-0.25, -0.2) is 0 Å². The largest absolute Gasteiger partial charge is 0.493 e. The molecule has 0 atom stereocenters. The Morgan fingerprint density at radius 1 is 1.23 bits per heavy atom. The summed E-state index contributed by atoms with van der Waals surface area (Å²) in [6.45, 7) is 0.654. The lowest BCUT2D eigenvalue weighted by Crippen LogP contribution is -2.32. The third-order valence-electron chi connectivity index (χ3n) is 3.79. The Morgan fingerprint density at radius 2 is 2.05 bits per heavy atom. The summed E-state index contributed by atoms with van der Waals surface area (Å²) < 4.78 is 10.7. The van der Waals surface area contributed by atoms with E-state index in [1.807, 2.05) is 22.4 Å². The number of thiophene rings is 1. The number of para-hydroxylation sites is 1. The number of hydrogen-bond donors (Lipinski definition) is 0. The molecular weight excluding hydrogens is 298 g/mol. The molecule has 1 amide bonds. The molecule has 1 aliphatic rings. The predicted octanol–water partition coefficient (Wildman–Crippen LogP) is 3.57. The van der Waals surface area contributed by atoms with Crippen molar-refractivity contribution in [1.29, 1.82) is 0 Å². The summed E-state index contributed by atoms with van der Waals surface area (Å²) in [4.78, 5) is 16.1. The highest BCUT2D eigenvalue weighted by Gasteiger charge is 2.34. The first-order valence-corrected chi connectivity index (χ1v) is 8.17. The van der Waals surface area contributed by atoms with Crippen LogP contribution in [0.4, 0.5) is 0 Å². The molecule has 0 bridgehead atoms. The lowest BCUT2D eigenvalue weighted by atomic mass is 10.1. The third kappa shape index (κ3) is 2.95. The fourth-order valence-corrected chi connectivity index (χ4v) is 3.24. The summed E-state index contributed by atoms with van der Waals surface area (Å²) in [5.74, 6) is 1.10. The zero-order valence-electron chi connectivity index (χ0n) is 12.7. The monoisotopic (exact) mass is 317 g/mol. The van der Waals surface area contributed by atoms with Gasteiger partial charge in [0, 0.05) is 10.9 Å². The number of benzene rings is 1. The third-order valence-corrected chi connectivity index (χ3v) is 4.65. The van der Waals surface area contributed by atoms with E-state index in [-0.39, 0.29) is 5.91 Å². The highest BCUT2D eigenvalue weighted by Crippen LogP contribution is 2.35. The summed E-state index contributed by atoms with van der Waals surface area (Å²) in [6, 6.07) is 9.84. The van der Waals surface area contributed by atoms with E-state index in [9.17, 15) is 4.79 Å². The minimum atomic E-state index is 0.00616. The van der Waals surface area contributed by atoms with Crippen LogP contribution in [0.25, 0.3) is 0 Å². The first kappa shape index (κ1) is 14.9. The Hall–Kier alpha value is -2.01. The highest BCUT2D eigenvalue weighted by atomic mass is 32.1. The summed E-state index contributed by atoms with van der Waals surface area (Å²) in [6.07, 6.45) is 2.15. The van der Waals surface area contributed by atoms with Gasteiger partial charge in [-0.15, -0.1) is 11.3 Å². The molecule has 1 aromatic carbocycles. The number of methoxy groups -OCH3 is 2. The SMILES string of the molecule is COc1cccc(C(=O)N(Cc2cccs2)C2CC2)c1OC. The highest BCUT2D eigenvalue weighted by molar-refractivity contribution is 7.09. The summed E-state index contributed by atoms with van der Waals surface area (Å²) in [5, 5.41) is 2.04. The van der Waals surface area contributed by atoms with Gasteiger partial charge in [0.1, 0.15) is 0 Å². The second kappa shape index (κ2) is 6.40. The van der Waals surface area contributed by atoms with Gasteiger partial charge in [-0.2, -0.15) is 0 Å². The molecule has 22 heavy (non-hydrogen) atoms. The second-order valence-corrected chi connectivity index (χ2v) is 6.32. The second-order valence-electron chi connectivity index (χ2n) is 5.28. The average Bonchev–Trinajstić information content (AvgIpc) is 3.27. The van der Waals surface area contributed by atoms with E-state index >= 15 is 0 Å². The predicted molar refractivity (Wildman–Crippen MR) is 86.8 cm³/mol. The van der Waals surface area contributed by atoms with Crippen LogP contribution in [0.1, 0.15) is 28.1 Å². The molecule has 0 saturated heterocycles. The van der Waals surface area contributed by atoms with E-state index in [4.69, 9.17) is 9.47 Å². The average molecular weight is 317 g/mol. The molecule has 0 radical (unpaired) electrons. The smallest absolute Gasteiger partial charge is 0.258 e. The molecule has 2 aromatic rings. The molecule has 0 aliphatic heterocycles. The number of rotatable bonds is 6. The molecule has 4 nitrogen and oxygen atoms in total. The summed E-state index contributed by atoms with van der Waals surface area (Å²) >= 11 is 1.68. The van der Waals surface area contributed by atoms with Crippen molar-refractivity contribution in [3.8, 4) is 11.5 Å². The first-order valence-electron chi connectivity index (χ1n) is 7.29. The van der Waals surface area contributed by atoms with Gasteiger partial charge >= 0.3 is 0 Å². The zero-order chi connectivity index (χ0) is 15.5. The Kier molecular flexibility index (Phi) is 4.34. The van der Waals surface area contributed by atoms with Gasteiger partial charge in [-0.1, -0.05) is 12.1 Å². The fraction of sp³-hybridized carbons (Fsp3) is 0.353. The van der Waals surface area contributed by atoms with Crippen molar-refractivity contribution >= 4 is 17.2 Å². The van der Waals surface area contributed by atoms with Crippen molar-refractivity contribution in [3.05, 3.63) is 46.2 Å². The van der Waals surface area contributed by atoms with Crippen LogP contribution in [0.15, 0.2) is 35.7 Å². The van der Waals surface area contributed by atoms with Crippen LogP contribution in [-0.2, 0) is 6.54 Å². The maximum atomic E-state index is 13.0. The van der Waals surface area contributed by atoms with E-state index in [2.05, 4.69) is 6.07 Å². The minimum absolute atomic E-state index is 0.00616. The number of hydrogen-bond acceptors (Lipinski definition) is 4. The minimum Gasteiger partial charge on any atom is -0.493 e. The van der Waals surface area contributed by atoms with Crippen LogP contribution in [0.3, 0.4) is 0 Å². The topological polar surface area (TPSA) is 38.8 Å². The Labute approximate surface area is 134 Å². The van der Waals surface area contributed by atoms with E-state index in [0.717, 1.165) is 12.8 Å². The standard InChI is InChI=1S/C17H19NO3S/c1-20-15-7-3-6-14(16(15)21-2)17(19)18(12-8-9-12)11-13-5-4-10-22-13/h3-7,10,12H,8-9,11H2,1-2H3. The van der Waals surface area contributed by atoms with Gasteiger partial charge in [0.05, 0.1) is 26.3 Å². The molecule has 1 aliphatic carbocycles. The first-order chi connectivity index (χ1) is 10.7. The maximum absolute atomic E-state index is 13.0. The molecule has 0 N–H and O–H groups in total. The Balaban J connectivity index is 1.90. The molecule has 0 spiro atoms. The van der Waals surface area contributed by atoms with Gasteiger partial charge < -0.3 is 14.4 Å². The molecule has 1 aromatic heterocycles. The van der Waals surface area contributed by atoms with Crippen LogP contribution in [0, 0.1) is 0 Å². The Morgan fingerprint density at radius 3 is 2.64 bits per heavy atom. The number of ether oxygens (including phenoxy) is 2. The van der Waals surface area contributed by atoms with Crippen molar-refractivity contribution in [3.63, 3.8) is 0 Å². The molecule has 1 saturated carbocycles. The quantitative estimate of drug-likeness (QED) is 0.817. The fourth-order valence-electron chi connectivity index (χ4n) is 2.53. The van der Waals surface area contributed by atoms with Crippen molar-refractivity contribution in [1.82, 2.24) is 4.90 Å². The van der Waals surface area contributed by atoms with E-state index in [0.29, 0.717) is 29.6 Å². The van der Waals surface area contributed by atoms with Crippen molar-refractivity contribution in [2.24, 2.45) is 0 Å². The number of carbonyl (C=O) groups excluding carboxylic acids is 1. The zero-order valence-corrected chi connectivity index (χ0v) is 13.6. The van der Waals surface area contributed by atoms with Crippen LogP contribution in [0.2, 0.25) is 0 Å². The molecule has 5 heteroatoms. The van der Waals surface area contributed by atoms with Crippen LogP contribution >= 0.6 is 11.3 Å². The molecule has 1 fully saturated rings. The van der Waals surface area contributed by atoms with Gasteiger partial charge in [-0.3, -0.25) is 4.79 Å². The van der Waals surface area contributed by atoms with Crippen LogP contribution in [-0.4, -0.2) is 31.1 Å². The van der Waals surface area contributed by atoms with E-state index < -0.39 is 0 Å². The normalized spacial score (nSPS) is 13.7. The van der Waals surface area contributed by atoms with Crippen molar-refractivity contribution in [2.45, 2.75) is 25.4 Å². The Bertz CT molecular complexity index is 650. The molecule has 3 rings (SSSR count). The van der Waals surface area contributed by atoms with Crippen LogP contribution in [0.5, 0.6) is 11.5 Å². The molecule has 1 heterocycles. The number of nitrogens with zero attached hydrogens (tertiary/aromatic N) is 1. The summed E-state index contributed by atoms with van der Waals surface area (Å²) in [5.41, 5.74) is 0.560. The van der Waals surface area contributed by atoms with Gasteiger partial charge in [0.2, 0.25) is 0 Å². The molecular formula is C17H19NO3S. The maximum Gasteiger partial charge on any atom is 0.258 e. The van der Waals surface area contributed by atoms with Crippen molar-refractivity contribution in [2.75, 3.05) is 14.2 Å². The summed E-state index contributed by atoms with van der Waals surface area (Å²) in [7, 11) is 3.14. The lowest BCUT2D eigenvalue weighted by Gasteiger charge is -2.23. The lowest BCUT2D eigenvalue weighted by molar-refractivity contribution is 0.0727. The van der Waals surface area contributed by atoms with Crippen molar-refractivity contribution < 1.29 is 14.3 Å². The number of carbonyl (C=O) groups is 1. The van der Waals surface area contributed by atoms with E-state index in [1.54, 1.807) is 37.7 Å². The van der Waals surface area contributed by atoms with Gasteiger partial charge in [-0.05, 0) is 36.4 Å². The van der Waals surface area contributed by atoms with Gasteiger partial charge in [0.15, 0.2) is 11.5 Å². The van der Waals surface area contributed by atoms with E-state index in [1.165, 1.54) is 4.88 Å². The molecule has 116 valence electrons. The number of amides is 1. The van der Waals surface area contributed by atoms with Gasteiger partial charge in [0.25, 0.3) is 5.91 Å². The van der Waals surface area contributed by atoms with Crippen LogP contribution < -0.4 is 9.47 Å². The molecule has 0 unspecified atom stereocenters.